The fourth-order valence-electron chi connectivity index (χ4n) is 1.76. The first-order valence-electron chi connectivity index (χ1n) is 6.29. The first-order chi connectivity index (χ1) is 8.78. The molecule has 2 aromatic rings. The molecule has 1 aromatic heterocycles. The topological polar surface area (TPSA) is 51.0 Å². The van der Waals surface area contributed by atoms with Crippen molar-refractivity contribution in [2.24, 2.45) is 0 Å². The van der Waals surface area contributed by atoms with Crippen molar-refractivity contribution >= 4 is 0 Å². The molecule has 0 aliphatic rings. The van der Waals surface area contributed by atoms with Gasteiger partial charge < -0.3 is 9.73 Å². The minimum absolute atomic E-state index is 0.693. The molecular weight excluding hydrogens is 226 g/mol. The Morgan fingerprint density at radius 1 is 1.11 bits per heavy atom. The predicted molar refractivity (Wildman–Crippen MR) is 70.5 cm³/mol. The molecule has 0 amide bonds. The summed E-state index contributed by atoms with van der Waals surface area (Å²) in [6.45, 7) is 3.05. The molecule has 4 heteroatoms. The Morgan fingerprint density at radius 3 is 2.56 bits per heavy atom. The van der Waals surface area contributed by atoms with Crippen molar-refractivity contribution in [2.45, 2.75) is 26.2 Å². The van der Waals surface area contributed by atoms with Crippen LogP contribution in [0.2, 0.25) is 0 Å². The summed E-state index contributed by atoms with van der Waals surface area (Å²) in [5, 5.41) is 11.2. The van der Waals surface area contributed by atoms with E-state index in [1.165, 1.54) is 11.1 Å². The minimum Gasteiger partial charge on any atom is -0.425 e. The van der Waals surface area contributed by atoms with E-state index in [2.05, 4.69) is 46.7 Å². The molecule has 1 heterocycles. The van der Waals surface area contributed by atoms with Crippen LogP contribution in [-0.4, -0.2) is 23.8 Å². The van der Waals surface area contributed by atoms with Crippen molar-refractivity contribution in [2.75, 3.05) is 13.6 Å². The number of rotatable bonds is 6. The minimum atomic E-state index is 0.693. The first kappa shape index (κ1) is 12.8. The average molecular weight is 245 g/mol. The van der Waals surface area contributed by atoms with E-state index in [4.69, 9.17) is 4.42 Å². The standard InChI is InChI=1S/C14H19N3O/c1-11-5-7-12(8-6-11)10-14-17-16-13(18-14)4-3-9-15-2/h5-8,15H,3-4,9-10H2,1-2H3. The lowest BCUT2D eigenvalue weighted by Gasteiger charge is -1.97. The third-order valence-corrected chi connectivity index (χ3v) is 2.80. The molecule has 0 fully saturated rings. The van der Waals surface area contributed by atoms with Gasteiger partial charge in [-0.25, -0.2) is 0 Å². The number of hydrogen-bond acceptors (Lipinski definition) is 4. The molecule has 0 spiro atoms. The van der Waals surface area contributed by atoms with E-state index in [0.29, 0.717) is 12.3 Å². The highest BCUT2D eigenvalue weighted by molar-refractivity contribution is 5.23. The third kappa shape index (κ3) is 3.67. The maximum absolute atomic E-state index is 5.61. The molecule has 0 saturated carbocycles. The molecule has 0 atom stereocenters. The number of hydrogen-bond donors (Lipinski definition) is 1. The lowest BCUT2D eigenvalue weighted by Crippen LogP contribution is -2.08. The quantitative estimate of drug-likeness (QED) is 0.792. The zero-order valence-electron chi connectivity index (χ0n) is 10.9. The molecule has 1 aromatic carbocycles. The molecule has 0 aliphatic carbocycles. The number of aryl methyl sites for hydroxylation is 2. The summed E-state index contributed by atoms with van der Waals surface area (Å²) in [5.41, 5.74) is 2.46. The lowest BCUT2D eigenvalue weighted by molar-refractivity contribution is 0.451. The second-order valence-corrected chi connectivity index (χ2v) is 4.46. The Bertz CT molecular complexity index is 476. The van der Waals surface area contributed by atoms with E-state index in [1.807, 2.05) is 7.05 Å². The van der Waals surface area contributed by atoms with Crippen molar-refractivity contribution in [3.8, 4) is 0 Å². The molecule has 96 valence electrons. The molecule has 4 nitrogen and oxygen atoms in total. The summed E-state index contributed by atoms with van der Waals surface area (Å²) in [6, 6.07) is 8.39. The highest BCUT2D eigenvalue weighted by Gasteiger charge is 2.06. The monoisotopic (exact) mass is 245 g/mol. The van der Waals surface area contributed by atoms with Crippen LogP contribution in [0.25, 0.3) is 0 Å². The van der Waals surface area contributed by atoms with Crippen molar-refractivity contribution in [3.63, 3.8) is 0 Å². The van der Waals surface area contributed by atoms with E-state index in [0.717, 1.165) is 25.3 Å². The van der Waals surface area contributed by atoms with E-state index >= 15 is 0 Å². The van der Waals surface area contributed by atoms with Gasteiger partial charge in [-0.05, 0) is 32.5 Å². The van der Waals surface area contributed by atoms with Crippen LogP contribution in [0.4, 0.5) is 0 Å². The maximum Gasteiger partial charge on any atom is 0.220 e. The van der Waals surface area contributed by atoms with E-state index in [-0.39, 0.29) is 0 Å². The van der Waals surface area contributed by atoms with Gasteiger partial charge in [-0.2, -0.15) is 0 Å². The van der Waals surface area contributed by atoms with Crippen LogP contribution >= 0.6 is 0 Å². The highest BCUT2D eigenvalue weighted by atomic mass is 16.4. The van der Waals surface area contributed by atoms with Crippen molar-refractivity contribution in [3.05, 3.63) is 47.2 Å². The van der Waals surface area contributed by atoms with Crippen LogP contribution in [0.15, 0.2) is 28.7 Å². The van der Waals surface area contributed by atoms with Gasteiger partial charge in [0.1, 0.15) is 0 Å². The fraction of sp³-hybridized carbons (Fsp3) is 0.429. The molecule has 0 saturated heterocycles. The van der Waals surface area contributed by atoms with Crippen LogP contribution in [-0.2, 0) is 12.8 Å². The summed E-state index contributed by atoms with van der Waals surface area (Å²) in [5.74, 6) is 1.42. The van der Waals surface area contributed by atoms with Gasteiger partial charge in [-0.15, -0.1) is 10.2 Å². The van der Waals surface area contributed by atoms with Gasteiger partial charge in [-0.1, -0.05) is 29.8 Å². The van der Waals surface area contributed by atoms with E-state index in [1.54, 1.807) is 0 Å². The molecule has 0 bridgehead atoms. The van der Waals surface area contributed by atoms with Gasteiger partial charge in [-0.3, -0.25) is 0 Å². The van der Waals surface area contributed by atoms with Gasteiger partial charge in [0.2, 0.25) is 11.8 Å². The highest BCUT2D eigenvalue weighted by Crippen LogP contribution is 2.10. The third-order valence-electron chi connectivity index (χ3n) is 2.80. The van der Waals surface area contributed by atoms with E-state index < -0.39 is 0 Å². The zero-order valence-corrected chi connectivity index (χ0v) is 10.9. The lowest BCUT2D eigenvalue weighted by atomic mass is 10.1. The number of aromatic nitrogens is 2. The molecular formula is C14H19N3O. The smallest absolute Gasteiger partial charge is 0.220 e. The van der Waals surface area contributed by atoms with E-state index in [9.17, 15) is 0 Å². The SMILES string of the molecule is CNCCCc1nnc(Cc2ccc(C)cc2)o1. The van der Waals surface area contributed by atoms with Gasteiger partial charge in [0.05, 0.1) is 6.42 Å². The van der Waals surface area contributed by atoms with Gasteiger partial charge >= 0.3 is 0 Å². The first-order valence-corrected chi connectivity index (χ1v) is 6.29. The molecule has 0 unspecified atom stereocenters. The van der Waals surface area contributed by atoms with Crippen LogP contribution in [0.1, 0.15) is 29.3 Å². The number of nitrogens with one attached hydrogen (secondary N) is 1. The fourth-order valence-corrected chi connectivity index (χ4v) is 1.76. The van der Waals surface area contributed by atoms with Crippen LogP contribution < -0.4 is 5.32 Å². The van der Waals surface area contributed by atoms with Crippen molar-refractivity contribution < 1.29 is 4.42 Å². The molecule has 0 radical (unpaired) electrons. The summed E-state index contributed by atoms with van der Waals surface area (Å²) in [6.07, 6.45) is 2.56. The average Bonchev–Trinajstić information content (AvgIpc) is 2.80. The van der Waals surface area contributed by atoms with Gasteiger partial charge in [0.15, 0.2) is 0 Å². The molecule has 18 heavy (non-hydrogen) atoms. The summed E-state index contributed by atoms with van der Waals surface area (Å²) < 4.78 is 5.61. The Balaban J connectivity index is 1.91. The predicted octanol–water partition coefficient (Wildman–Crippen LogP) is 2.12. The van der Waals surface area contributed by atoms with Crippen LogP contribution in [0.3, 0.4) is 0 Å². The second kappa shape index (κ2) is 6.31. The molecule has 1 N–H and O–H groups in total. The van der Waals surface area contributed by atoms with Crippen molar-refractivity contribution in [1.29, 1.82) is 0 Å². The van der Waals surface area contributed by atoms with Crippen LogP contribution in [0, 0.1) is 6.92 Å². The van der Waals surface area contributed by atoms with Crippen molar-refractivity contribution in [1.82, 2.24) is 15.5 Å². The summed E-state index contributed by atoms with van der Waals surface area (Å²) in [7, 11) is 1.94. The number of benzene rings is 1. The zero-order chi connectivity index (χ0) is 12.8. The largest absolute Gasteiger partial charge is 0.425 e. The van der Waals surface area contributed by atoms with Gasteiger partial charge in [0, 0.05) is 6.42 Å². The molecule has 0 aliphatic heterocycles. The normalized spacial score (nSPS) is 10.8. The Labute approximate surface area is 107 Å². The Morgan fingerprint density at radius 2 is 1.83 bits per heavy atom. The van der Waals surface area contributed by atoms with Gasteiger partial charge in [0.25, 0.3) is 0 Å². The molecule has 2 rings (SSSR count). The Hall–Kier alpha value is -1.68. The summed E-state index contributed by atoms with van der Waals surface area (Å²) in [4.78, 5) is 0. The Kier molecular flexibility index (Phi) is 4.47. The number of nitrogens with zero attached hydrogens (tertiary/aromatic N) is 2. The summed E-state index contributed by atoms with van der Waals surface area (Å²) >= 11 is 0. The second-order valence-electron chi connectivity index (χ2n) is 4.46. The van der Waals surface area contributed by atoms with Crippen LogP contribution in [0.5, 0.6) is 0 Å². The maximum atomic E-state index is 5.61.